The number of benzene rings is 3. The van der Waals surface area contributed by atoms with Crippen LogP contribution in [0.4, 0.5) is 0 Å². The van der Waals surface area contributed by atoms with E-state index in [-0.39, 0.29) is 18.5 Å². The van der Waals surface area contributed by atoms with Gasteiger partial charge in [0, 0.05) is 13.6 Å². The Hall–Kier alpha value is -3.31. The van der Waals surface area contributed by atoms with Gasteiger partial charge in [0.25, 0.3) is 0 Å². The number of aryl methyl sites for hydroxylation is 1. The average Bonchev–Trinajstić information content (AvgIpc) is 2.81. The molecule has 3 rings (SSSR count). The maximum absolute atomic E-state index is 12.9. The Labute approximate surface area is 184 Å². The van der Waals surface area contributed by atoms with E-state index in [1.165, 1.54) is 0 Å². The summed E-state index contributed by atoms with van der Waals surface area (Å²) >= 11 is 0. The number of ether oxygens (including phenoxy) is 2. The van der Waals surface area contributed by atoms with Gasteiger partial charge in [-0.2, -0.15) is 0 Å². The maximum atomic E-state index is 12.9. The van der Waals surface area contributed by atoms with E-state index in [1.807, 2.05) is 62.5 Å². The lowest BCUT2D eigenvalue weighted by molar-refractivity contribution is -0.129. The number of hydrogen-bond donors (Lipinski definition) is 1. The predicted octanol–water partition coefficient (Wildman–Crippen LogP) is 4.35. The van der Waals surface area contributed by atoms with E-state index in [1.54, 1.807) is 19.1 Å². The van der Waals surface area contributed by atoms with Crippen LogP contribution in [0, 0.1) is 6.92 Å². The quantitative estimate of drug-likeness (QED) is 0.561. The Morgan fingerprint density at radius 3 is 1.94 bits per heavy atom. The highest BCUT2D eigenvalue weighted by molar-refractivity contribution is 5.78. The molecule has 3 aromatic rings. The van der Waals surface area contributed by atoms with Gasteiger partial charge in [-0.3, -0.25) is 10.1 Å². The molecule has 0 atom stereocenters. The lowest BCUT2D eigenvalue weighted by Crippen LogP contribution is -2.37. The summed E-state index contributed by atoms with van der Waals surface area (Å²) < 4.78 is 10.8. The standard InChI is InChI=1S/C26H30N2O3/c1-19-15-23(30-3)24(31-4)16-22(19)18-28(2)25(29)17-27-26(20-11-7-5-8-12-20)21-13-9-6-10-14-21/h5-16,26-27H,17-18H2,1-4H3. The second-order valence-corrected chi connectivity index (χ2v) is 7.52. The molecule has 0 fully saturated rings. The monoisotopic (exact) mass is 418 g/mol. The lowest BCUT2D eigenvalue weighted by atomic mass is 9.99. The Morgan fingerprint density at radius 2 is 1.42 bits per heavy atom. The van der Waals surface area contributed by atoms with Crippen LogP contribution in [0.3, 0.4) is 0 Å². The van der Waals surface area contributed by atoms with Crippen molar-refractivity contribution in [3.8, 4) is 11.5 Å². The highest BCUT2D eigenvalue weighted by atomic mass is 16.5. The molecule has 1 amide bonds. The predicted molar refractivity (Wildman–Crippen MR) is 123 cm³/mol. The first-order valence-electron chi connectivity index (χ1n) is 10.3. The molecule has 0 aliphatic carbocycles. The van der Waals surface area contributed by atoms with Crippen LogP contribution >= 0.6 is 0 Å². The van der Waals surface area contributed by atoms with E-state index in [4.69, 9.17) is 9.47 Å². The summed E-state index contributed by atoms with van der Waals surface area (Å²) in [7, 11) is 5.05. The average molecular weight is 419 g/mol. The number of amides is 1. The van der Waals surface area contributed by atoms with Gasteiger partial charge in [0.2, 0.25) is 5.91 Å². The van der Waals surface area contributed by atoms with E-state index in [0.717, 1.165) is 22.3 Å². The highest BCUT2D eigenvalue weighted by Crippen LogP contribution is 2.30. The molecule has 162 valence electrons. The van der Waals surface area contributed by atoms with Gasteiger partial charge in [0.05, 0.1) is 26.8 Å². The second kappa shape index (κ2) is 10.6. The molecule has 0 radical (unpaired) electrons. The van der Waals surface area contributed by atoms with Crippen LogP contribution in [-0.2, 0) is 11.3 Å². The van der Waals surface area contributed by atoms with Gasteiger partial charge in [-0.05, 0) is 41.3 Å². The van der Waals surface area contributed by atoms with E-state index in [2.05, 4.69) is 29.6 Å². The molecule has 0 saturated heterocycles. The zero-order valence-electron chi connectivity index (χ0n) is 18.6. The first-order chi connectivity index (χ1) is 15.0. The van der Waals surface area contributed by atoms with Crippen molar-refractivity contribution >= 4 is 5.91 Å². The van der Waals surface area contributed by atoms with E-state index in [0.29, 0.717) is 18.0 Å². The van der Waals surface area contributed by atoms with Gasteiger partial charge in [-0.15, -0.1) is 0 Å². The van der Waals surface area contributed by atoms with Crippen molar-refractivity contribution in [1.29, 1.82) is 0 Å². The van der Waals surface area contributed by atoms with Gasteiger partial charge in [0.1, 0.15) is 0 Å². The first-order valence-corrected chi connectivity index (χ1v) is 10.3. The largest absolute Gasteiger partial charge is 0.493 e. The van der Waals surface area contributed by atoms with Crippen LogP contribution in [0.25, 0.3) is 0 Å². The molecule has 0 aliphatic heterocycles. The molecule has 5 heteroatoms. The summed E-state index contributed by atoms with van der Waals surface area (Å²) in [4.78, 5) is 14.6. The maximum Gasteiger partial charge on any atom is 0.236 e. The van der Waals surface area contributed by atoms with Gasteiger partial charge < -0.3 is 14.4 Å². The number of likely N-dealkylation sites (N-methyl/N-ethyl adjacent to an activating group) is 1. The molecule has 0 bridgehead atoms. The van der Waals surface area contributed by atoms with Crippen molar-refractivity contribution < 1.29 is 14.3 Å². The fraction of sp³-hybridized carbons (Fsp3) is 0.269. The minimum atomic E-state index is -0.0532. The summed E-state index contributed by atoms with van der Waals surface area (Å²) in [6.07, 6.45) is 0. The number of carbonyl (C=O) groups is 1. The summed E-state index contributed by atoms with van der Waals surface area (Å²) in [6.45, 7) is 2.74. The Kier molecular flexibility index (Phi) is 7.68. The molecule has 0 aromatic heterocycles. The molecule has 0 aliphatic rings. The third-order valence-corrected chi connectivity index (χ3v) is 5.40. The van der Waals surface area contributed by atoms with Gasteiger partial charge in [-0.25, -0.2) is 0 Å². The SMILES string of the molecule is COc1cc(C)c(CN(C)C(=O)CNC(c2ccccc2)c2ccccc2)cc1OC. The number of methoxy groups -OCH3 is 2. The number of carbonyl (C=O) groups excluding carboxylic acids is 1. The fourth-order valence-electron chi connectivity index (χ4n) is 3.58. The summed E-state index contributed by atoms with van der Waals surface area (Å²) in [5, 5.41) is 3.44. The van der Waals surface area contributed by atoms with Crippen molar-refractivity contribution in [2.75, 3.05) is 27.8 Å². The van der Waals surface area contributed by atoms with Crippen LogP contribution in [0.15, 0.2) is 72.8 Å². The molecular formula is C26H30N2O3. The zero-order chi connectivity index (χ0) is 22.2. The minimum Gasteiger partial charge on any atom is -0.493 e. The lowest BCUT2D eigenvalue weighted by Gasteiger charge is -2.23. The molecule has 3 aromatic carbocycles. The van der Waals surface area contributed by atoms with Crippen LogP contribution in [0.5, 0.6) is 11.5 Å². The van der Waals surface area contributed by atoms with Crippen molar-refractivity contribution in [2.24, 2.45) is 0 Å². The molecule has 5 nitrogen and oxygen atoms in total. The minimum absolute atomic E-state index is 0.0195. The van der Waals surface area contributed by atoms with Crippen LogP contribution in [0.2, 0.25) is 0 Å². The Morgan fingerprint density at radius 1 is 0.903 bits per heavy atom. The topological polar surface area (TPSA) is 50.8 Å². The third-order valence-electron chi connectivity index (χ3n) is 5.40. The summed E-state index contributed by atoms with van der Waals surface area (Å²) in [5.74, 6) is 1.37. The number of nitrogens with one attached hydrogen (secondary N) is 1. The van der Waals surface area contributed by atoms with Crippen molar-refractivity contribution in [3.05, 3.63) is 95.1 Å². The number of rotatable bonds is 9. The third kappa shape index (κ3) is 5.64. The molecule has 0 unspecified atom stereocenters. The van der Waals surface area contributed by atoms with Crippen molar-refractivity contribution in [3.63, 3.8) is 0 Å². The van der Waals surface area contributed by atoms with Crippen LogP contribution in [-0.4, -0.2) is 38.6 Å². The molecule has 31 heavy (non-hydrogen) atoms. The molecule has 1 N–H and O–H groups in total. The highest BCUT2D eigenvalue weighted by Gasteiger charge is 2.18. The normalized spacial score (nSPS) is 10.7. The van der Waals surface area contributed by atoms with Gasteiger partial charge in [-0.1, -0.05) is 60.7 Å². The molecule has 0 heterocycles. The Bertz CT molecular complexity index is 951. The van der Waals surface area contributed by atoms with Crippen molar-refractivity contribution in [2.45, 2.75) is 19.5 Å². The van der Waals surface area contributed by atoms with E-state index in [9.17, 15) is 4.79 Å². The number of hydrogen-bond acceptors (Lipinski definition) is 4. The van der Waals surface area contributed by atoms with Crippen molar-refractivity contribution in [1.82, 2.24) is 10.2 Å². The summed E-state index contributed by atoms with van der Waals surface area (Å²) in [6, 6.07) is 24.2. The van der Waals surface area contributed by atoms with Gasteiger partial charge >= 0.3 is 0 Å². The molecular weight excluding hydrogens is 388 g/mol. The fourth-order valence-corrected chi connectivity index (χ4v) is 3.58. The summed E-state index contributed by atoms with van der Waals surface area (Å²) in [5.41, 5.74) is 4.33. The smallest absolute Gasteiger partial charge is 0.236 e. The van der Waals surface area contributed by atoms with Crippen LogP contribution < -0.4 is 14.8 Å². The first kappa shape index (κ1) is 22.4. The van der Waals surface area contributed by atoms with E-state index >= 15 is 0 Å². The second-order valence-electron chi connectivity index (χ2n) is 7.52. The molecule has 0 saturated carbocycles. The number of nitrogens with zero attached hydrogens (tertiary/aromatic N) is 1. The van der Waals surface area contributed by atoms with Gasteiger partial charge in [0.15, 0.2) is 11.5 Å². The Balaban J connectivity index is 1.70. The van der Waals surface area contributed by atoms with Crippen LogP contribution in [0.1, 0.15) is 28.3 Å². The molecule has 0 spiro atoms. The van der Waals surface area contributed by atoms with E-state index < -0.39 is 0 Å². The zero-order valence-corrected chi connectivity index (χ0v) is 18.6.